The molecule has 0 saturated carbocycles. The predicted octanol–water partition coefficient (Wildman–Crippen LogP) is 17.0. The highest BCUT2D eigenvalue weighted by Gasteiger charge is 2.28. The third kappa shape index (κ3) is 6.05. The van der Waals surface area contributed by atoms with Crippen LogP contribution < -0.4 is 0 Å². The number of hydrogen-bond acceptors (Lipinski definition) is 3. The molecule has 0 aliphatic heterocycles. The normalized spacial score (nSPS) is 18.6. The average Bonchev–Trinajstić information content (AvgIpc) is 1.62. The van der Waals surface area contributed by atoms with Crippen LogP contribution in [0.5, 0.6) is 0 Å². The van der Waals surface area contributed by atoms with Crippen LogP contribution >= 0.6 is 0 Å². The van der Waals surface area contributed by atoms with Gasteiger partial charge in [0.1, 0.15) is 11.5 Å². The Kier molecular flexibility index (Phi) is 3.96. The molecule has 13 rings (SSSR count). The number of pyridine rings is 2. The summed E-state index contributed by atoms with van der Waals surface area (Å²) in [6.07, 6.45) is -0.687. The molecule has 0 spiro atoms. The molecule has 3 nitrogen and oxygen atoms in total. The Morgan fingerprint density at radius 3 is 1.55 bits per heavy atom. The number of furan rings is 1. The van der Waals surface area contributed by atoms with Gasteiger partial charge in [0.15, 0.2) is 0 Å². The number of hydrogen-bond donors (Lipinski definition) is 0. The van der Waals surface area contributed by atoms with E-state index in [1.54, 1.807) is 0 Å². The van der Waals surface area contributed by atoms with E-state index >= 15 is 0 Å². The summed E-state index contributed by atoms with van der Waals surface area (Å²) in [5.74, 6) is -2.10. The summed E-state index contributed by atoms with van der Waals surface area (Å²) in [5, 5.41) is -5.14. The second kappa shape index (κ2) is 15.0. The first-order chi connectivity index (χ1) is 45.6. The number of aromatic nitrogens is 2. The van der Waals surface area contributed by atoms with Crippen molar-refractivity contribution in [1.29, 1.82) is 0 Å². The van der Waals surface area contributed by atoms with Crippen molar-refractivity contribution < 1.29 is 48.3 Å². The van der Waals surface area contributed by atoms with Crippen LogP contribution in [0.4, 0.5) is 0 Å². The Labute approximate surface area is 420 Å². The Morgan fingerprint density at radius 2 is 0.862 bits per heavy atom. The first-order valence-corrected chi connectivity index (χ1v) is 19.5. The molecule has 0 unspecified atom stereocenters. The quantitative estimate of drug-likeness (QED) is 0.156. The molecule has 302 valence electrons. The van der Waals surface area contributed by atoms with Gasteiger partial charge in [-0.15, -0.1) is 0 Å². The van der Waals surface area contributed by atoms with Gasteiger partial charge in [-0.3, -0.25) is 4.98 Å². The molecule has 0 amide bonds. The van der Waals surface area contributed by atoms with Crippen molar-refractivity contribution >= 4 is 64.9 Å². The lowest BCUT2D eigenvalue weighted by Gasteiger charge is -2.14. The van der Waals surface area contributed by atoms with Gasteiger partial charge in [0.25, 0.3) is 0 Å². The molecule has 0 fully saturated rings. The van der Waals surface area contributed by atoms with Crippen molar-refractivity contribution in [2.24, 2.45) is 0 Å². The molecule has 0 aliphatic rings. The molecule has 3 aromatic heterocycles. The van der Waals surface area contributed by atoms with Gasteiger partial charge in [0.05, 0.1) is 60.6 Å². The number of fused-ring (bicyclic) bond motifs is 7. The first-order valence-electron chi connectivity index (χ1n) is 35.5. The minimum Gasteiger partial charge on any atom is -0.455 e. The van der Waals surface area contributed by atoms with E-state index in [0.717, 1.165) is 0 Å². The Morgan fingerprint density at radius 1 is 0.354 bits per heavy atom. The van der Waals surface area contributed by atoms with Gasteiger partial charge in [0.2, 0.25) is 0 Å². The van der Waals surface area contributed by atoms with Gasteiger partial charge in [0, 0.05) is 44.8 Å². The maximum atomic E-state index is 10.4. The van der Waals surface area contributed by atoms with Gasteiger partial charge >= 0.3 is 0 Å². The van der Waals surface area contributed by atoms with E-state index in [1.165, 1.54) is 36.4 Å². The van der Waals surface area contributed by atoms with Crippen LogP contribution in [0.25, 0.3) is 132 Å². The summed E-state index contributed by atoms with van der Waals surface area (Å²) in [4.78, 5) is 8.84. The molecule has 0 atom stereocenters. The summed E-state index contributed by atoms with van der Waals surface area (Å²) >= 11 is 0. The van der Waals surface area contributed by atoms with Crippen LogP contribution in [-0.4, -0.2) is 9.97 Å². The third-order valence-corrected chi connectivity index (χ3v) is 10.8. The minimum atomic E-state index is -1.14. The lowest BCUT2D eigenvalue weighted by molar-refractivity contribution is 0.599. The van der Waals surface area contributed by atoms with E-state index in [-0.39, 0.29) is 49.4 Å². The number of benzene rings is 10. The van der Waals surface area contributed by atoms with E-state index in [1.807, 2.05) is 0 Å². The molecule has 0 bridgehead atoms. The minimum absolute atomic E-state index is 0.0592. The number of rotatable bonds is 6. The predicted molar refractivity (Wildman–Crippen MR) is 272 cm³/mol. The number of nitrogens with zero attached hydrogens (tertiary/aromatic N) is 2. The summed E-state index contributed by atoms with van der Waals surface area (Å²) in [7, 11) is 0. The van der Waals surface area contributed by atoms with Crippen molar-refractivity contribution in [3.05, 3.63) is 230 Å². The standard InChI is InChI=1S/C62H38N2O/c1-4-23-46-39(14-1)17-10-28-53(46)57-58(54-29-11-18-40-15-2-5-24-47(40)54)62(55-30-12-19-41-16-3-6-25-48(41)55)65-61(57)45-21-9-20-44(38-45)49-34-35-52(51-27-8-7-26-50(49)51)56-36-33-43-32-31-42-22-13-37-63-59(42)60(43)64-56/h1-38H/i1D,2D,3D,4D,5D,6D,9D,10D,11D,12D,13D,14D,15D,16D,17D,18D,19D,20D,21D,22D,23D,24D,25D,28D,29D,30D,31D,32D,33D,36D,37D,38D. The van der Waals surface area contributed by atoms with Crippen LogP contribution in [0.2, 0.25) is 0 Å². The van der Waals surface area contributed by atoms with Gasteiger partial charge in [-0.05, 0) is 83.5 Å². The largest absolute Gasteiger partial charge is 0.455 e. The molecule has 10 aromatic carbocycles. The van der Waals surface area contributed by atoms with Gasteiger partial charge in [-0.2, -0.15) is 0 Å². The van der Waals surface area contributed by atoms with Crippen LogP contribution in [0.1, 0.15) is 43.9 Å². The third-order valence-electron chi connectivity index (χ3n) is 10.8. The molecule has 13 aromatic rings. The van der Waals surface area contributed by atoms with Gasteiger partial charge in [-0.1, -0.05) is 206 Å². The highest BCUT2D eigenvalue weighted by molar-refractivity contribution is 6.14. The van der Waals surface area contributed by atoms with E-state index < -0.39 is 276 Å². The summed E-state index contributed by atoms with van der Waals surface area (Å²) < 4.78 is 301. The molecule has 0 aliphatic carbocycles. The Hall–Kier alpha value is -8.66. The van der Waals surface area contributed by atoms with Crippen LogP contribution in [0.3, 0.4) is 0 Å². The Balaban J connectivity index is 1.26. The molecular weight excluding hydrogens is 789 g/mol. The summed E-state index contributed by atoms with van der Waals surface area (Å²) in [5.41, 5.74) is -7.01. The molecule has 0 radical (unpaired) electrons. The molecule has 3 heterocycles. The molecule has 0 N–H and O–H groups in total. The lowest BCUT2D eigenvalue weighted by Crippen LogP contribution is -1.91. The lowest BCUT2D eigenvalue weighted by atomic mass is 9.86. The fraction of sp³-hybridized carbons (Fsp3) is 0. The van der Waals surface area contributed by atoms with Crippen molar-refractivity contribution in [2.45, 2.75) is 0 Å². The van der Waals surface area contributed by atoms with E-state index in [0.29, 0.717) is 0 Å². The fourth-order valence-electron chi connectivity index (χ4n) is 8.00. The van der Waals surface area contributed by atoms with Crippen LogP contribution in [-0.2, 0) is 0 Å². The monoisotopic (exact) mass is 858 g/mol. The smallest absolute Gasteiger partial charge is 0.143 e. The van der Waals surface area contributed by atoms with Crippen molar-refractivity contribution in [1.82, 2.24) is 9.97 Å². The summed E-state index contributed by atoms with van der Waals surface area (Å²) in [6.45, 7) is 0. The SMILES string of the molecule is [2H]c1nc2c(c([2H])c1[2H])c([2H])c([2H])c1c([2H])c([2H])c(-c3ccc(-c4c([2H])c([2H])c([2H])c(-c5oc(-c6c([2H])c([2H])c([2H])c7c([2H])c([2H])c([2H])c([2H])c67)c(-c6c([2H])c([2H])c([2H])c7c([2H])c([2H])c([2H])c([2H])c67)c5-c5c([2H])c([2H])c([2H])c6c([2H])c([2H])c([2H])c([2H])c56)c4[2H])c4ccccc34)nc12. The van der Waals surface area contributed by atoms with Crippen LogP contribution in [0.15, 0.2) is 234 Å². The molecule has 0 saturated heterocycles. The van der Waals surface area contributed by atoms with Gasteiger partial charge in [-0.25, -0.2) is 4.98 Å². The van der Waals surface area contributed by atoms with Crippen molar-refractivity contribution in [3.63, 3.8) is 0 Å². The average molecular weight is 859 g/mol. The van der Waals surface area contributed by atoms with Crippen molar-refractivity contribution in [2.75, 3.05) is 0 Å². The summed E-state index contributed by atoms with van der Waals surface area (Å²) in [6, 6.07) is -20.5. The molecule has 3 heteroatoms. The topological polar surface area (TPSA) is 38.9 Å². The second-order valence-electron chi connectivity index (χ2n) is 14.3. The first kappa shape index (κ1) is 17.1. The fourth-order valence-corrected chi connectivity index (χ4v) is 8.00. The molecular formula is C62H38N2O. The zero-order valence-corrected chi connectivity index (χ0v) is 32.8. The maximum absolute atomic E-state index is 10.4. The maximum Gasteiger partial charge on any atom is 0.143 e. The van der Waals surface area contributed by atoms with Crippen LogP contribution in [0, 0.1) is 0 Å². The zero-order chi connectivity index (χ0) is 70.7. The van der Waals surface area contributed by atoms with E-state index in [2.05, 4.69) is 4.98 Å². The highest BCUT2D eigenvalue weighted by Crippen LogP contribution is 2.52. The highest BCUT2D eigenvalue weighted by atomic mass is 16.3. The second-order valence-corrected chi connectivity index (χ2v) is 14.3. The van der Waals surface area contributed by atoms with E-state index in [9.17, 15) is 20.6 Å². The van der Waals surface area contributed by atoms with Gasteiger partial charge < -0.3 is 4.42 Å². The molecule has 65 heavy (non-hydrogen) atoms. The van der Waals surface area contributed by atoms with Crippen molar-refractivity contribution in [3.8, 4) is 67.3 Å². The zero-order valence-electron chi connectivity index (χ0n) is 64.8. The Bertz CT molecular complexity index is 5900. The van der Waals surface area contributed by atoms with E-state index in [4.69, 9.17) is 32.7 Å².